The van der Waals surface area contributed by atoms with Crippen LogP contribution in [0.15, 0.2) is 24.3 Å². The zero-order valence-corrected chi connectivity index (χ0v) is 22.3. The predicted octanol–water partition coefficient (Wildman–Crippen LogP) is 8.18. The SMILES string of the molecule is COc1cc(C(F)(F)C(F)(F)C(F)(F)C(F)(F)C(F)(F)C(F)(F)C(F)(F)C(F)(F)c2cc(C)c(N)c(OC)c2)cc(C)c1N. The maximum atomic E-state index is 14.7. The molecule has 20 heteroatoms. The molecular formula is C24H20F16N2O2. The fourth-order valence-electron chi connectivity index (χ4n) is 3.78. The van der Waals surface area contributed by atoms with Gasteiger partial charge in [0.05, 0.1) is 25.6 Å². The molecule has 250 valence electrons. The Labute approximate surface area is 236 Å². The smallest absolute Gasteiger partial charge is 0.385 e. The molecule has 0 atom stereocenters. The zero-order valence-electron chi connectivity index (χ0n) is 22.3. The van der Waals surface area contributed by atoms with Crippen LogP contribution in [0.4, 0.5) is 81.6 Å². The average Bonchev–Trinajstić information content (AvgIpc) is 2.90. The number of benzene rings is 2. The number of methoxy groups -OCH3 is 2. The Morgan fingerprint density at radius 3 is 0.886 bits per heavy atom. The van der Waals surface area contributed by atoms with E-state index in [9.17, 15) is 70.2 Å². The quantitative estimate of drug-likeness (QED) is 0.187. The molecule has 0 aliphatic carbocycles. The molecule has 0 fully saturated rings. The fraction of sp³-hybridized carbons (Fsp3) is 0.500. The minimum absolute atomic E-state index is 0.107. The molecule has 0 saturated heterocycles. The van der Waals surface area contributed by atoms with E-state index in [1.807, 2.05) is 0 Å². The molecule has 4 nitrogen and oxygen atoms in total. The highest BCUT2D eigenvalue weighted by atomic mass is 19.4. The van der Waals surface area contributed by atoms with Gasteiger partial charge in [-0.05, 0) is 49.2 Å². The van der Waals surface area contributed by atoms with Crippen LogP contribution >= 0.6 is 0 Å². The summed E-state index contributed by atoms with van der Waals surface area (Å²) in [6.07, 6.45) is 0. The van der Waals surface area contributed by atoms with Gasteiger partial charge in [0.2, 0.25) is 0 Å². The van der Waals surface area contributed by atoms with Crippen molar-refractivity contribution in [3.63, 3.8) is 0 Å². The molecule has 0 aliphatic rings. The zero-order chi connectivity index (χ0) is 34.9. The number of alkyl halides is 16. The van der Waals surface area contributed by atoms with Crippen LogP contribution in [-0.2, 0) is 11.8 Å². The van der Waals surface area contributed by atoms with Crippen molar-refractivity contribution >= 4 is 11.4 Å². The van der Waals surface area contributed by atoms with Crippen LogP contribution in [0.25, 0.3) is 0 Å². The van der Waals surface area contributed by atoms with Crippen molar-refractivity contribution in [3.05, 3.63) is 46.5 Å². The molecule has 0 bridgehead atoms. The number of halogens is 16. The summed E-state index contributed by atoms with van der Waals surface area (Å²) in [5, 5.41) is 0. The molecule has 0 aliphatic heterocycles. The number of anilines is 2. The number of ether oxygens (including phenoxy) is 2. The molecule has 0 unspecified atom stereocenters. The maximum Gasteiger partial charge on any atom is 0.385 e. The van der Waals surface area contributed by atoms with Crippen LogP contribution in [-0.4, -0.2) is 49.8 Å². The van der Waals surface area contributed by atoms with Crippen LogP contribution in [0.5, 0.6) is 11.5 Å². The minimum atomic E-state index is -8.57. The molecule has 0 aromatic heterocycles. The Balaban J connectivity index is 2.75. The van der Waals surface area contributed by atoms with Gasteiger partial charge in [0, 0.05) is 11.1 Å². The first-order valence-electron chi connectivity index (χ1n) is 11.4. The minimum Gasteiger partial charge on any atom is -0.495 e. The second-order valence-electron chi connectivity index (χ2n) is 9.41. The molecule has 0 amide bonds. The Bertz CT molecular complexity index is 1300. The topological polar surface area (TPSA) is 70.5 Å². The summed E-state index contributed by atoms with van der Waals surface area (Å²) in [5.41, 5.74) is 3.62. The van der Waals surface area contributed by atoms with Crippen molar-refractivity contribution < 1.29 is 79.7 Å². The maximum absolute atomic E-state index is 14.7. The van der Waals surface area contributed by atoms with Crippen molar-refractivity contribution in [1.29, 1.82) is 0 Å². The van der Waals surface area contributed by atoms with E-state index in [-0.39, 0.29) is 24.3 Å². The highest BCUT2D eigenvalue weighted by Gasteiger charge is 2.95. The standard InChI is InChI=1S/C24H20F16N2O2/c1-9-5-11(7-13(43-3)15(9)41)17(25,26)19(29,30)21(33,34)23(37,38)24(39,40)22(35,36)20(31,32)18(27,28)12-6-10(2)16(42)14(8-12)44-4/h5-8H,41-42H2,1-4H3. The Morgan fingerprint density at radius 2 is 0.659 bits per heavy atom. The predicted molar refractivity (Wildman–Crippen MR) is 122 cm³/mol. The summed E-state index contributed by atoms with van der Waals surface area (Å²) >= 11 is 0. The van der Waals surface area contributed by atoms with E-state index in [2.05, 4.69) is 9.47 Å². The molecular weight excluding hydrogens is 652 g/mol. The molecule has 0 radical (unpaired) electrons. The number of aryl methyl sites for hydroxylation is 2. The molecule has 2 rings (SSSR count). The summed E-state index contributed by atoms with van der Waals surface area (Å²) in [4.78, 5) is 0. The number of nitrogens with two attached hydrogens (primary N) is 2. The van der Waals surface area contributed by atoms with E-state index in [4.69, 9.17) is 11.5 Å². The summed E-state index contributed by atoms with van der Waals surface area (Å²) < 4.78 is 241. The second kappa shape index (κ2) is 10.6. The van der Waals surface area contributed by atoms with Gasteiger partial charge in [-0.1, -0.05) is 0 Å². The Kier molecular flexibility index (Phi) is 8.81. The number of hydrogen-bond acceptors (Lipinski definition) is 4. The van der Waals surface area contributed by atoms with Crippen LogP contribution in [0.1, 0.15) is 22.3 Å². The first-order chi connectivity index (χ1) is 19.5. The molecule has 44 heavy (non-hydrogen) atoms. The number of rotatable bonds is 11. The van der Waals surface area contributed by atoms with Gasteiger partial charge in [-0.3, -0.25) is 0 Å². The van der Waals surface area contributed by atoms with E-state index >= 15 is 0 Å². The normalized spacial score (nSPS) is 14.5. The van der Waals surface area contributed by atoms with Gasteiger partial charge in [0.15, 0.2) is 0 Å². The van der Waals surface area contributed by atoms with Gasteiger partial charge >= 0.3 is 47.4 Å². The first kappa shape index (κ1) is 36.7. The third-order valence-corrected chi connectivity index (χ3v) is 6.62. The molecule has 4 N–H and O–H groups in total. The largest absolute Gasteiger partial charge is 0.495 e. The van der Waals surface area contributed by atoms with E-state index in [0.717, 1.165) is 13.8 Å². The lowest BCUT2D eigenvalue weighted by molar-refractivity contribution is -0.456. The number of nitrogen functional groups attached to an aromatic ring is 2. The van der Waals surface area contributed by atoms with Crippen molar-refractivity contribution in [2.24, 2.45) is 0 Å². The van der Waals surface area contributed by atoms with Gasteiger partial charge in [-0.15, -0.1) is 0 Å². The Hall–Kier alpha value is -3.48. The van der Waals surface area contributed by atoms with E-state index in [0.29, 0.717) is 14.2 Å². The lowest BCUT2D eigenvalue weighted by Gasteiger charge is -2.43. The van der Waals surface area contributed by atoms with Crippen molar-refractivity contribution in [2.75, 3.05) is 25.7 Å². The van der Waals surface area contributed by atoms with Gasteiger partial charge in [0.1, 0.15) is 11.5 Å². The molecule has 0 spiro atoms. The van der Waals surface area contributed by atoms with E-state index in [1.165, 1.54) is 0 Å². The third kappa shape index (κ3) is 4.69. The monoisotopic (exact) mass is 672 g/mol. The van der Waals surface area contributed by atoms with E-state index in [1.54, 1.807) is 0 Å². The van der Waals surface area contributed by atoms with Crippen LogP contribution in [0, 0.1) is 13.8 Å². The van der Waals surface area contributed by atoms with Gasteiger partial charge in [-0.25, -0.2) is 0 Å². The first-order valence-corrected chi connectivity index (χ1v) is 11.4. The third-order valence-electron chi connectivity index (χ3n) is 6.62. The highest BCUT2D eigenvalue weighted by molar-refractivity contribution is 5.61. The summed E-state index contributed by atoms with van der Waals surface area (Å²) in [5.74, 6) is -64.6. The summed E-state index contributed by atoms with van der Waals surface area (Å²) in [6, 6.07) is -0.641. The van der Waals surface area contributed by atoms with Crippen LogP contribution in [0.3, 0.4) is 0 Å². The lowest BCUT2D eigenvalue weighted by Crippen LogP contribution is -2.74. The molecule has 0 heterocycles. The van der Waals surface area contributed by atoms with Gasteiger partial charge in [-0.2, -0.15) is 70.2 Å². The van der Waals surface area contributed by atoms with Crippen molar-refractivity contribution in [2.45, 2.75) is 61.2 Å². The van der Waals surface area contributed by atoms with E-state index < -0.39 is 92.5 Å². The molecule has 0 saturated carbocycles. The molecule has 2 aromatic carbocycles. The fourth-order valence-corrected chi connectivity index (χ4v) is 3.78. The van der Waals surface area contributed by atoms with Crippen molar-refractivity contribution in [1.82, 2.24) is 0 Å². The van der Waals surface area contributed by atoms with Gasteiger partial charge in [0.25, 0.3) is 0 Å². The summed E-state index contributed by atoms with van der Waals surface area (Å²) in [6.45, 7) is 1.58. The Morgan fingerprint density at radius 1 is 0.432 bits per heavy atom. The second-order valence-corrected chi connectivity index (χ2v) is 9.41. The van der Waals surface area contributed by atoms with Crippen LogP contribution in [0.2, 0.25) is 0 Å². The van der Waals surface area contributed by atoms with Crippen LogP contribution < -0.4 is 20.9 Å². The van der Waals surface area contributed by atoms with Gasteiger partial charge < -0.3 is 20.9 Å². The number of hydrogen-bond donors (Lipinski definition) is 2. The summed E-state index contributed by atoms with van der Waals surface area (Å²) in [7, 11) is 1.38. The average molecular weight is 672 g/mol. The highest BCUT2D eigenvalue weighted by Crippen LogP contribution is 2.66. The lowest BCUT2D eigenvalue weighted by atomic mass is 9.84. The molecule has 2 aromatic rings. The van der Waals surface area contributed by atoms with Crippen molar-refractivity contribution in [3.8, 4) is 11.5 Å².